The van der Waals surface area contributed by atoms with Gasteiger partial charge in [0.25, 0.3) is 0 Å². The summed E-state index contributed by atoms with van der Waals surface area (Å²) in [6.45, 7) is 7.18. The standard InChI is InChI=1S/C19H30N2/c1-15-7-6-10-19(11-15)21-14-18(20-13-16(21)2)12-17-8-4-3-5-9-17/h3-5,8-9,15-16,18-20H,6-7,10-14H2,1-2H3. The Bertz CT molecular complexity index is 430. The van der Waals surface area contributed by atoms with E-state index in [2.05, 4.69) is 54.4 Å². The van der Waals surface area contributed by atoms with Crippen LogP contribution in [-0.2, 0) is 6.42 Å². The lowest BCUT2D eigenvalue weighted by Gasteiger charge is -2.45. The quantitative estimate of drug-likeness (QED) is 0.915. The summed E-state index contributed by atoms with van der Waals surface area (Å²) in [6.07, 6.45) is 6.83. The zero-order valence-electron chi connectivity index (χ0n) is 13.6. The van der Waals surface area contributed by atoms with Gasteiger partial charge in [-0.3, -0.25) is 4.90 Å². The topological polar surface area (TPSA) is 15.3 Å². The Labute approximate surface area is 129 Å². The number of hydrogen-bond donors (Lipinski definition) is 1. The van der Waals surface area contributed by atoms with E-state index in [-0.39, 0.29) is 0 Å². The van der Waals surface area contributed by atoms with E-state index < -0.39 is 0 Å². The lowest BCUT2D eigenvalue weighted by atomic mass is 9.85. The molecular weight excluding hydrogens is 256 g/mol. The maximum absolute atomic E-state index is 3.76. The second-order valence-corrected chi connectivity index (χ2v) is 7.27. The summed E-state index contributed by atoms with van der Waals surface area (Å²) in [7, 11) is 0. The monoisotopic (exact) mass is 286 g/mol. The van der Waals surface area contributed by atoms with Crippen molar-refractivity contribution in [1.82, 2.24) is 10.2 Å². The van der Waals surface area contributed by atoms with Crippen LogP contribution in [0, 0.1) is 5.92 Å². The Balaban J connectivity index is 1.61. The third-order valence-electron chi connectivity index (χ3n) is 5.40. The number of piperazine rings is 1. The van der Waals surface area contributed by atoms with Gasteiger partial charge in [0.2, 0.25) is 0 Å². The molecule has 116 valence electrons. The van der Waals surface area contributed by atoms with Gasteiger partial charge in [-0.1, -0.05) is 50.1 Å². The van der Waals surface area contributed by atoms with Gasteiger partial charge in [0.1, 0.15) is 0 Å². The van der Waals surface area contributed by atoms with Gasteiger partial charge in [-0.25, -0.2) is 0 Å². The average molecular weight is 286 g/mol. The van der Waals surface area contributed by atoms with Gasteiger partial charge in [-0.2, -0.15) is 0 Å². The van der Waals surface area contributed by atoms with E-state index in [0.29, 0.717) is 12.1 Å². The number of nitrogens with zero attached hydrogens (tertiary/aromatic N) is 1. The van der Waals surface area contributed by atoms with E-state index >= 15 is 0 Å². The summed E-state index contributed by atoms with van der Waals surface area (Å²) >= 11 is 0. The van der Waals surface area contributed by atoms with Crippen LogP contribution < -0.4 is 5.32 Å². The molecule has 0 bridgehead atoms. The summed E-state index contributed by atoms with van der Waals surface area (Å²) in [5.41, 5.74) is 1.46. The van der Waals surface area contributed by atoms with Crippen LogP contribution in [0.5, 0.6) is 0 Å². The summed E-state index contributed by atoms with van der Waals surface area (Å²) < 4.78 is 0. The molecular formula is C19H30N2. The molecule has 0 aromatic heterocycles. The van der Waals surface area contributed by atoms with Gasteiger partial charge in [-0.15, -0.1) is 0 Å². The van der Waals surface area contributed by atoms with Crippen molar-refractivity contribution in [3.8, 4) is 0 Å². The van der Waals surface area contributed by atoms with Gasteiger partial charge in [-0.05, 0) is 37.7 Å². The molecule has 1 saturated heterocycles. The zero-order valence-corrected chi connectivity index (χ0v) is 13.6. The fourth-order valence-electron chi connectivity index (χ4n) is 4.20. The first-order valence-corrected chi connectivity index (χ1v) is 8.75. The molecule has 1 aliphatic carbocycles. The molecule has 0 amide bonds. The van der Waals surface area contributed by atoms with Crippen molar-refractivity contribution >= 4 is 0 Å². The third-order valence-corrected chi connectivity index (χ3v) is 5.40. The SMILES string of the molecule is CC1CCCC(N2CC(Cc3ccccc3)NCC2C)C1. The van der Waals surface area contributed by atoms with E-state index in [1.54, 1.807) is 0 Å². The predicted molar refractivity (Wildman–Crippen MR) is 89.5 cm³/mol. The van der Waals surface area contributed by atoms with Gasteiger partial charge >= 0.3 is 0 Å². The lowest BCUT2D eigenvalue weighted by Crippen LogP contribution is -2.59. The molecule has 1 saturated carbocycles. The summed E-state index contributed by atoms with van der Waals surface area (Å²) in [5, 5.41) is 3.76. The molecule has 1 aromatic carbocycles. The molecule has 1 aliphatic heterocycles. The maximum Gasteiger partial charge on any atom is 0.0236 e. The molecule has 2 nitrogen and oxygen atoms in total. The zero-order chi connectivity index (χ0) is 14.7. The third kappa shape index (κ3) is 3.87. The predicted octanol–water partition coefficient (Wildman–Crippen LogP) is 3.47. The highest BCUT2D eigenvalue weighted by atomic mass is 15.2. The second-order valence-electron chi connectivity index (χ2n) is 7.27. The Morgan fingerprint density at radius 3 is 2.71 bits per heavy atom. The van der Waals surface area contributed by atoms with Crippen LogP contribution in [0.4, 0.5) is 0 Å². The molecule has 4 unspecified atom stereocenters. The Morgan fingerprint density at radius 2 is 1.95 bits per heavy atom. The summed E-state index contributed by atoms with van der Waals surface area (Å²) in [6, 6.07) is 13.1. The molecule has 2 heteroatoms. The van der Waals surface area contributed by atoms with E-state index in [1.807, 2.05) is 0 Å². The fraction of sp³-hybridized carbons (Fsp3) is 0.684. The van der Waals surface area contributed by atoms with Gasteiger partial charge < -0.3 is 5.32 Å². The van der Waals surface area contributed by atoms with Crippen molar-refractivity contribution in [2.75, 3.05) is 13.1 Å². The minimum absolute atomic E-state index is 0.612. The number of nitrogens with one attached hydrogen (secondary N) is 1. The lowest BCUT2D eigenvalue weighted by molar-refractivity contribution is 0.0588. The van der Waals surface area contributed by atoms with Crippen molar-refractivity contribution in [2.24, 2.45) is 5.92 Å². The first-order chi connectivity index (χ1) is 10.2. The fourth-order valence-corrected chi connectivity index (χ4v) is 4.20. The van der Waals surface area contributed by atoms with E-state index in [0.717, 1.165) is 24.9 Å². The van der Waals surface area contributed by atoms with E-state index in [1.165, 1.54) is 37.8 Å². The van der Waals surface area contributed by atoms with Crippen LogP contribution in [0.3, 0.4) is 0 Å². The molecule has 2 fully saturated rings. The second kappa shape index (κ2) is 6.93. The van der Waals surface area contributed by atoms with Crippen LogP contribution in [0.2, 0.25) is 0 Å². The molecule has 2 aliphatic rings. The molecule has 1 aromatic rings. The maximum atomic E-state index is 3.76. The highest BCUT2D eigenvalue weighted by molar-refractivity contribution is 5.16. The first-order valence-electron chi connectivity index (χ1n) is 8.75. The van der Waals surface area contributed by atoms with Crippen LogP contribution in [0.25, 0.3) is 0 Å². The number of hydrogen-bond acceptors (Lipinski definition) is 2. The Kier molecular flexibility index (Phi) is 4.97. The molecule has 21 heavy (non-hydrogen) atoms. The van der Waals surface area contributed by atoms with Crippen molar-refractivity contribution < 1.29 is 0 Å². The van der Waals surface area contributed by atoms with Crippen molar-refractivity contribution in [3.63, 3.8) is 0 Å². The summed E-state index contributed by atoms with van der Waals surface area (Å²) in [5.74, 6) is 0.915. The molecule has 3 rings (SSSR count). The van der Waals surface area contributed by atoms with Gasteiger partial charge in [0.15, 0.2) is 0 Å². The van der Waals surface area contributed by atoms with Crippen LogP contribution >= 0.6 is 0 Å². The van der Waals surface area contributed by atoms with Crippen molar-refractivity contribution in [2.45, 2.75) is 64.1 Å². The Hall–Kier alpha value is -0.860. The smallest absolute Gasteiger partial charge is 0.0236 e. The van der Waals surface area contributed by atoms with Gasteiger partial charge in [0.05, 0.1) is 0 Å². The summed E-state index contributed by atoms with van der Waals surface area (Å²) in [4.78, 5) is 2.81. The minimum Gasteiger partial charge on any atom is -0.311 e. The van der Waals surface area contributed by atoms with E-state index in [9.17, 15) is 0 Å². The van der Waals surface area contributed by atoms with Crippen molar-refractivity contribution in [3.05, 3.63) is 35.9 Å². The minimum atomic E-state index is 0.612. The number of benzene rings is 1. The largest absolute Gasteiger partial charge is 0.311 e. The Morgan fingerprint density at radius 1 is 1.14 bits per heavy atom. The van der Waals surface area contributed by atoms with Crippen LogP contribution in [0.15, 0.2) is 30.3 Å². The van der Waals surface area contributed by atoms with E-state index in [4.69, 9.17) is 0 Å². The molecule has 4 atom stereocenters. The van der Waals surface area contributed by atoms with Gasteiger partial charge in [0, 0.05) is 31.2 Å². The normalized spacial score (nSPS) is 34.8. The van der Waals surface area contributed by atoms with Crippen LogP contribution in [-0.4, -0.2) is 36.1 Å². The highest BCUT2D eigenvalue weighted by Crippen LogP contribution is 2.29. The van der Waals surface area contributed by atoms with Crippen molar-refractivity contribution in [1.29, 1.82) is 0 Å². The van der Waals surface area contributed by atoms with Crippen LogP contribution in [0.1, 0.15) is 45.1 Å². The molecule has 0 spiro atoms. The molecule has 0 radical (unpaired) electrons. The molecule has 1 N–H and O–H groups in total. The average Bonchev–Trinajstić information content (AvgIpc) is 2.50. The number of rotatable bonds is 3. The molecule has 1 heterocycles. The first kappa shape index (κ1) is 15.1. The highest BCUT2D eigenvalue weighted by Gasteiger charge is 2.32.